The molecule has 0 aliphatic heterocycles. The maximum Gasteiger partial charge on any atom is 0.339 e. The lowest BCUT2D eigenvalue weighted by molar-refractivity contribution is 0.0591. The Morgan fingerprint density at radius 2 is 1.52 bits per heavy atom. The second-order valence-electron chi connectivity index (χ2n) is 3.98. The molecule has 0 amide bonds. The average molecular weight is 377 g/mol. The molecule has 0 radical (unpaired) electrons. The molecule has 7 heteroatoms. The molecule has 6 nitrogen and oxygen atoms in total. The SMILES string of the molecule is C#Cc1cncc(C(=O)OC)c1.COC(=O)c1cncc(Br)c1. The number of halogens is 1. The van der Waals surface area contributed by atoms with Crippen molar-refractivity contribution in [2.75, 3.05) is 14.2 Å². The van der Waals surface area contributed by atoms with Crippen LogP contribution in [0.4, 0.5) is 0 Å². The van der Waals surface area contributed by atoms with Gasteiger partial charge in [-0.05, 0) is 28.1 Å². The quantitative estimate of drug-likeness (QED) is 0.591. The number of hydrogen-bond donors (Lipinski definition) is 0. The van der Waals surface area contributed by atoms with E-state index in [0.29, 0.717) is 16.7 Å². The van der Waals surface area contributed by atoms with E-state index in [1.54, 1.807) is 18.3 Å². The van der Waals surface area contributed by atoms with E-state index in [-0.39, 0.29) is 5.97 Å². The van der Waals surface area contributed by atoms with E-state index >= 15 is 0 Å². The highest BCUT2D eigenvalue weighted by Gasteiger charge is 2.05. The molecule has 0 saturated carbocycles. The minimum absolute atomic E-state index is 0.368. The zero-order valence-electron chi connectivity index (χ0n) is 12.4. The van der Waals surface area contributed by atoms with Crippen molar-refractivity contribution in [2.24, 2.45) is 0 Å². The first-order chi connectivity index (χ1) is 11.0. The van der Waals surface area contributed by atoms with E-state index in [2.05, 4.69) is 41.3 Å². The summed E-state index contributed by atoms with van der Waals surface area (Å²) in [7, 11) is 2.65. The summed E-state index contributed by atoms with van der Waals surface area (Å²) in [6.07, 6.45) is 11.1. The van der Waals surface area contributed by atoms with Gasteiger partial charge in [0, 0.05) is 34.8 Å². The lowest BCUT2D eigenvalue weighted by Gasteiger charge is -1.97. The van der Waals surface area contributed by atoms with E-state index in [1.807, 2.05) is 0 Å². The number of aromatic nitrogens is 2. The predicted octanol–water partition coefficient (Wildman–Crippen LogP) is 2.48. The number of methoxy groups -OCH3 is 2. The molecular formula is C16H13BrN2O4. The Kier molecular flexibility index (Phi) is 7.43. The summed E-state index contributed by atoms with van der Waals surface area (Å²) in [5.41, 5.74) is 1.38. The monoisotopic (exact) mass is 376 g/mol. The summed E-state index contributed by atoms with van der Waals surface area (Å²) in [6.45, 7) is 0. The van der Waals surface area contributed by atoms with Gasteiger partial charge >= 0.3 is 11.9 Å². The van der Waals surface area contributed by atoms with Gasteiger partial charge in [-0.1, -0.05) is 5.92 Å². The summed E-state index contributed by atoms with van der Waals surface area (Å²) >= 11 is 3.19. The molecular weight excluding hydrogens is 364 g/mol. The molecule has 2 aromatic rings. The molecule has 118 valence electrons. The molecule has 0 saturated heterocycles. The summed E-state index contributed by atoms with van der Waals surface area (Å²) in [5, 5.41) is 0. The third kappa shape index (κ3) is 5.88. The number of terminal acetylenes is 1. The fourth-order valence-corrected chi connectivity index (χ4v) is 1.75. The molecule has 0 aliphatic rings. The largest absolute Gasteiger partial charge is 0.465 e. The molecule has 2 heterocycles. The summed E-state index contributed by atoms with van der Waals surface area (Å²) in [4.78, 5) is 29.4. The zero-order valence-corrected chi connectivity index (χ0v) is 14.0. The summed E-state index contributed by atoms with van der Waals surface area (Å²) in [5.74, 6) is 1.57. The number of pyridine rings is 2. The van der Waals surface area contributed by atoms with Gasteiger partial charge in [0.2, 0.25) is 0 Å². The van der Waals surface area contributed by atoms with E-state index in [1.165, 1.54) is 32.8 Å². The maximum atomic E-state index is 11.0. The van der Waals surface area contributed by atoms with Gasteiger partial charge in [-0.15, -0.1) is 6.42 Å². The Balaban J connectivity index is 0.000000231. The van der Waals surface area contributed by atoms with Crippen LogP contribution >= 0.6 is 15.9 Å². The van der Waals surface area contributed by atoms with Gasteiger partial charge in [-0.2, -0.15) is 0 Å². The molecule has 0 fully saturated rings. The number of rotatable bonds is 2. The first-order valence-corrected chi connectivity index (χ1v) is 7.00. The fraction of sp³-hybridized carbons (Fsp3) is 0.125. The van der Waals surface area contributed by atoms with Gasteiger partial charge in [0.25, 0.3) is 0 Å². The summed E-state index contributed by atoms with van der Waals surface area (Å²) in [6, 6.07) is 3.21. The zero-order chi connectivity index (χ0) is 17.2. The smallest absolute Gasteiger partial charge is 0.339 e. The van der Waals surface area contributed by atoms with Crippen LogP contribution in [-0.4, -0.2) is 36.1 Å². The number of ether oxygens (including phenoxy) is 2. The average Bonchev–Trinajstić information content (AvgIpc) is 2.60. The van der Waals surface area contributed by atoms with E-state index in [4.69, 9.17) is 6.42 Å². The van der Waals surface area contributed by atoms with Gasteiger partial charge in [0.15, 0.2) is 0 Å². The normalized spacial score (nSPS) is 8.96. The van der Waals surface area contributed by atoms with Crippen LogP contribution in [0.25, 0.3) is 0 Å². The van der Waals surface area contributed by atoms with Gasteiger partial charge in [0.05, 0.1) is 25.3 Å². The van der Waals surface area contributed by atoms with Crippen molar-refractivity contribution in [3.05, 3.63) is 58.1 Å². The van der Waals surface area contributed by atoms with E-state index in [9.17, 15) is 9.59 Å². The molecule has 2 rings (SSSR count). The Morgan fingerprint density at radius 1 is 1.00 bits per heavy atom. The van der Waals surface area contributed by atoms with Crippen LogP contribution in [0, 0.1) is 12.3 Å². The Bertz CT molecular complexity index is 741. The lowest BCUT2D eigenvalue weighted by Crippen LogP contribution is -2.01. The standard InChI is InChI=1S/C9H7NO2.C7H6BrNO2/c1-3-7-4-8(6-10-5-7)9(11)12-2;1-11-7(10)5-2-6(8)4-9-3-5/h1,4-6H,2H3;2-4H,1H3. The topological polar surface area (TPSA) is 78.4 Å². The van der Waals surface area contributed by atoms with Gasteiger partial charge in [-0.25, -0.2) is 9.59 Å². The third-order valence-corrected chi connectivity index (χ3v) is 2.89. The van der Waals surface area contributed by atoms with E-state index < -0.39 is 5.97 Å². The second kappa shape index (κ2) is 9.33. The second-order valence-corrected chi connectivity index (χ2v) is 4.90. The van der Waals surface area contributed by atoms with Crippen LogP contribution in [0.2, 0.25) is 0 Å². The van der Waals surface area contributed by atoms with Crippen LogP contribution in [-0.2, 0) is 9.47 Å². The van der Waals surface area contributed by atoms with Crippen molar-refractivity contribution in [1.29, 1.82) is 0 Å². The van der Waals surface area contributed by atoms with Crippen LogP contribution in [0.3, 0.4) is 0 Å². The molecule has 0 aromatic carbocycles. The highest BCUT2D eigenvalue weighted by atomic mass is 79.9. The minimum atomic E-state index is -0.431. The van der Waals surface area contributed by atoms with Gasteiger partial charge < -0.3 is 9.47 Å². The minimum Gasteiger partial charge on any atom is -0.465 e. The van der Waals surface area contributed by atoms with E-state index in [0.717, 1.165) is 4.47 Å². The number of carbonyl (C=O) groups excluding carboxylic acids is 2. The first kappa shape index (κ1) is 18.3. The molecule has 0 N–H and O–H groups in total. The van der Waals surface area contributed by atoms with Gasteiger partial charge in [-0.3, -0.25) is 9.97 Å². The van der Waals surface area contributed by atoms with Gasteiger partial charge in [0.1, 0.15) is 0 Å². The Morgan fingerprint density at radius 3 is 2.00 bits per heavy atom. The number of hydrogen-bond acceptors (Lipinski definition) is 6. The molecule has 2 aromatic heterocycles. The molecule has 23 heavy (non-hydrogen) atoms. The first-order valence-electron chi connectivity index (χ1n) is 6.20. The fourth-order valence-electron chi connectivity index (χ4n) is 1.39. The van der Waals surface area contributed by atoms with Crippen molar-refractivity contribution in [2.45, 2.75) is 0 Å². The van der Waals surface area contributed by atoms with Crippen molar-refractivity contribution >= 4 is 27.9 Å². The molecule has 0 aliphatic carbocycles. The summed E-state index contributed by atoms with van der Waals surface area (Å²) < 4.78 is 9.74. The van der Waals surface area contributed by atoms with Crippen molar-refractivity contribution in [3.63, 3.8) is 0 Å². The highest BCUT2D eigenvalue weighted by Crippen LogP contribution is 2.09. The van der Waals surface area contributed by atoms with Crippen LogP contribution in [0.5, 0.6) is 0 Å². The number of carbonyl (C=O) groups is 2. The Labute approximate surface area is 142 Å². The third-order valence-electron chi connectivity index (χ3n) is 2.45. The van der Waals surface area contributed by atoms with Crippen molar-refractivity contribution in [1.82, 2.24) is 9.97 Å². The predicted molar refractivity (Wildman–Crippen MR) is 86.8 cm³/mol. The van der Waals surface area contributed by atoms with Crippen molar-refractivity contribution in [3.8, 4) is 12.3 Å². The molecule has 0 spiro atoms. The van der Waals surface area contributed by atoms with Crippen molar-refractivity contribution < 1.29 is 19.1 Å². The number of esters is 2. The van der Waals surface area contributed by atoms with Crippen LogP contribution < -0.4 is 0 Å². The van der Waals surface area contributed by atoms with Crippen LogP contribution in [0.1, 0.15) is 26.3 Å². The highest BCUT2D eigenvalue weighted by molar-refractivity contribution is 9.10. The molecule has 0 unspecified atom stereocenters. The lowest BCUT2D eigenvalue weighted by atomic mass is 10.2. The number of nitrogens with zero attached hydrogens (tertiary/aromatic N) is 2. The Hall–Kier alpha value is -2.72. The maximum absolute atomic E-state index is 11.0. The molecule has 0 atom stereocenters. The molecule has 0 bridgehead atoms. The van der Waals surface area contributed by atoms with Crippen LogP contribution in [0.15, 0.2) is 41.4 Å².